The Balaban J connectivity index is 1.94. The predicted octanol–water partition coefficient (Wildman–Crippen LogP) is 0.775. The van der Waals surface area contributed by atoms with Gasteiger partial charge in [-0.05, 0) is 24.1 Å². The van der Waals surface area contributed by atoms with Crippen LogP contribution in [0.15, 0.2) is 18.5 Å². The lowest BCUT2D eigenvalue weighted by atomic mass is 10.1. The van der Waals surface area contributed by atoms with Crippen molar-refractivity contribution in [1.29, 1.82) is 0 Å². The van der Waals surface area contributed by atoms with Gasteiger partial charge in [0.1, 0.15) is 0 Å². The fraction of sp³-hybridized carbons (Fsp3) is 0.500. The Labute approximate surface area is 122 Å². The zero-order chi connectivity index (χ0) is 15.2. The van der Waals surface area contributed by atoms with Gasteiger partial charge in [0.15, 0.2) is 0 Å². The van der Waals surface area contributed by atoms with Crippen LogP contribution < -0.4 is 5.32 Å². The zero-order valence-electron chi connectivity index (χ0n) is 11.9. The molecular weight excluding hydrogens is 274 g/mol. The lowest BCUT2D eigenvalue weighted by Gasteiger charge is -2.34. The standard InChI is InChI=1S/C14H19N3O4/c1-10-2-3-15-7-11(10)8-16-14(20)17-4-5-21-9-12(17)6-13(18)19/h2-3,7,12H,4-6,8-9H2,1H3,(H,16,20)(H,18,19). The summed E-state index contributed by atoms with van der Waals surface area (Å²) in [6.07, 6.45) is 3.30. The first-order chi connectivity index (χ1) is 10.1. The first kappa shape index (κ1) is 15.2. The lowest BCUT2D eigenvalue weighted by molar-refractivity contribution is -0.139. The lowest BCUT2D eigenvalue weighted by Crippen LogP contribution is -2.53. The number of aryl methyl sites for hydroxylation is 1. The van der Waals surface area contributed by atoms with Gasteiger partial charge in [-0.15, -0.1) is 0 Å². The van der Waals surface area contributed by atoms with Crippen molar-refractivity contribution in [3.63, 3.8) is 0 Å². The largest absolute Gasteiger partial charge is 0.481 e. The molecule has 2 rings (SSSR count). The topological polar surface area (TPSA) is 91.8 Å². The maximum absolute atomic E-state index is 12.2. The number of nitrogens with one attached hydrogen (secondary N) is 1. The van der Waals surface area contributed by atoms with E-state index in [1.54, 1.807) is 12.4 Å². The molecule has 1 unspecified atom stereocenters. The van der Waals surface area contributed by atoms with E-state index in [4.69, 9.17) is 9.84 Å². The molecule has 2 heterocycles. The van der Waals surface area contributed by atoms with Crippen molar-refractivity contribution in [1.82, 2.24) is 15.2 Å². The van der Waals surface area contributed by atoms with Crippen molar-refractivity contribution in [2.45, 2.75) is 25.9 Å². The summed E-state index contributed by atoms with van der Waals surface area (Å²) in [7, 11) is 0. The quantitative estimate of drug-likeness (QED) is 0.855. The number of urea groups is 1. The normalized spacial score (nSPS) is 18.3. The highest BCUT2D eigenvalue weighted by Crippen LogP contribution is 2.11. The minimum absolute atomic E-state index is 0.112. The number of carbonyl (C=O) groups excluding carboxylic acids is 1. The Morgan fingerprint density at radius 1 is 1.57 bits per heavy atom. The number of rotatable bonds is 4. The Morgan fingerprint density at radius 2 is 2.38 bits per heavy atom. The minimum Gasteiger partial charge on any atom is -0.481 e. The summed E-state index contributed by atoms with van der Waals surface area (Å²) in [6.45, 7) is 3.40. The minimum atomic E-state index is -0.939. The number of hydrogen-bond donors (Lipinski definition) is 2. The molecule has 1 aliphatic heterocycles. The van der Waals surface area contributed by atoms with Crippen molar-refractivity contribution < 1.29 is 19.4 Å². The van der Waals surface area contributed by atoms with E-state index in [-0.39, 0.29) is 19.1 Å². The van der Waals surface area contributed by atoms with Crippen LogP contribution in [-0.2, 0) is 16.1 Å². The number of hydrogen-bond acceptors (Lipinski definition) is 4. The molecule has 1 saturated heterocycles. The summed E-state index contributed by atoms with van der Waals surface area (Å²) in [5, 5.41) is 11.7. The molecule has 2 amide bonds. The number of nitrogens with zero attached hydrogens (tertiary/aromatic N) is 2. The summed E-state index contributed by atoms with van der Waals surface area (Å²) < 4.78 is 5.25. The van der Waals surface area contributed by atoms with Crippen molar-refractivity contribution in [2.75, 3.05) is 19.8 Å². The number of carboxylic acid groups (broad SMARTS) is 1. The number of ether oxygens (including phenoxy) is 1. The van der Waals surface area contributed by atoms with Gasteiger partial charge in [0.25, 0.3) is 0 Å². The Morgan fingerprint density at radius 3 is 3.10 bits per heavy atom. The van der Waals surface area contributed by atoms with Crippen molar-refractivity contribution in [3.8, 4) is 0 Å². The van der Waals surface area contributed by atoms with Gasteiger partial charge in [-0.1, -0.05) is 0 Å². The van der Waals surface area contributed by atoms with E-state index >= 15 is 0 Å². The second-order valence-corrected chi connectivity index (χ2v) is 4.98. The molecule has 2 N–H and O–H groups in total. The van der Waals surface area contributed by atoms with Crippen LogP contribution in [0.2, 0.25) is 0 Å². The molecule has 0 aromatic carbocycles. The van der Waals surface area contributed by atoms with E-state index in [9.17, 15) is 9.59 Å². The van der Waals surface area contributed by atoms with Crippen molar-refractivity contribution in [3.05, 3.63) is 29.6 Å². The van der Waals surface area contributed by atoms with E-state index in [0.717, 1.165) is 11.1 Å². The van der Waals surface area contributed by atoms with Crippen LogP contribution in [0, 0.1) is 6.92 Å². The van der Waals surface area contributed by atoms with Crippen molar-refractivity contribution >= 4 is 12.0 Å². The summed E-state index contributed by atoms with van der Waals surface area (Å²) in [4.78, 5) is 28.6. The molecule has 0 radical (unpaired) electrons. The van der Waals surface area contributed by atoms with Crippen molar-refractivity contribution in [2.24, 2.45) is 0 Å². The third-order valence-corrected chi connectivity index (χ3v) is 3.48. The predicted molar refractivity (Wildman–Crippen MR) is 74.8 cm³/mol. The van der Waals surface area contributed by atoms with Crippen LogP contribution in [0.3, 0.4) is 0 Å². The fourth-order valence-electron chi connectivity index (χ4n) is 2.25. The number of aliphatic carboxylic acids is 1. The van der Waals surface area contributed by atoms with Crippen LogP contribution in [0.25, 0.3) is 0 Å². The molecule has 0 saturated carbocycles. The monoisotopic (exact) mass is 293 g/mol. The Hall–Kier alpha value is -2.15. The summed E-state index contributed by atoms with van der Waals surface area (Å²) in [5.74, 6) is -0.939. The van der Waals surface area contributed by atoms with Gasteiger partial charge in [0.05, 0.1) is 25.7 Å². The smallest absolute Gasteiger partial charge is 0.318 e. The summed E-state index contributed by atoms with van der Waals surface area (Å²) in [5.41, 5.74) is 1.99. The van der Waals surface area contributed by atoms with Crippen LogP contribution in [0.5, 0.6) is 0 Å². The number of amides is 2. The molecule has 0 bridgehead atoms. The molecule has 21 heavy (non-hydrogen) atoms. The van der Waals surface area contributed by atoms with E-state index in [1.165, 1.54) is 4.90 Å². The summed E-state index contributed by atoms with van der Waals surface area (Å²) in [6, 6.07) is 1.18. The highest BCUT2D eigenvalue weighted by atomic mass is 16.5. The molecule has 1 aliphatic rings. The van der Waals surface area contributed by atoms with Gasteiger partial charge in [0.2, 0.25) is 0 Å². The van der Waals surface area contributed by atoms with E-state index in [0.29, 0.717) is 19.7 Å². The third-order valence-electron chi connectivity index (χ3n) is 3.48. The first-order valence-electron chi connectivity index (χ1n) is 6.81. The molecule has 1 atom stereocenters. The molecule has 1 aromatic rings. The van der Waals surface area contributed by atoms with Gasteiger partial charge >= 0.3 is 12.0 Å². The fourth-order valence-corrected chi connectivity index (χ4v) is 2.25. The van der Waals surface area contributed by atoms with Gasteiger partial charge in [-0.3, -0.25) is 9.78 Å². The van der Waals surface area contributed by atoms with E-state index in [1.807, 2.05) is 13.0 Å². The number of carbonyl (C=O) groups is 2. The van der Waals surface area contributed by atoms with Crippen LogP contribution in [0.1, 0.15) is 17.5 Å². The van der Waals surface area contributed by atoms with Gasteiger partial charge in [-0.25, -0.2) is 4.79 Å². The average molecular weight is 293 g/mol. The van der Waals surface area contributed by atoms with Crippen LogP contribution in [0.4, 0.5) is 4.79 Å². The third kappa shape index (κ3) is 4.16. The molecular formula is C14H19N3O4. The molecule has 1 fully saturated rings. The number of pyridine rings is 1. The van der Waals surface area contributed by atoms with Gasteiger partial charge in [-0.2, -0.15) is 0 Å². The second kappa shape index (κ2) is 7.03. The zero-order valence-corrected chi connectivity index (χ0v) is 11.9. The maximum Gasteiger partial charge on any atom is 0.318 e. The average Bonchev–Trinajstić information content (AvgIpc) is 2.46. The highest BCUT2D eigenvalue weighted by Gasteiger charge is 2.28. The van der Waals surface area contributed by atoms with Gasteiger partial charge < -0.3 is 20.1 Å². The SMILES string of the molecule is Cc1ccncc1CNC(=O)N1CCOCC1CC(=O)O. The molecule has 7 nitrogen and oxygen atoms in total. The number of morpholine rings is 1. The summed E-state index contributed by atoms with van der Waals surface area (Å²) >= 11 is 0. The maximum atomic E-state index is 12.2. The Kier molecular flexibility index (Phi) is 5.10. The molecule has 0 spiro atoms. The molecule has 0 aliphatic carbocycles. The van der Waals surface area contributed by atoms with Crippen LogP contribution >= 0.6 is 0 Å². The van der Waals surface area contributed by atoms with Crippen LogP contribution in [-0.4, -0.2) is 52.8 Å². The van der Waals surface area contributed by atoms with E-state index < -0.39 is 12.0 Å². The molecule has 1 aromatic heterocycles. The molecule has 114 valence electrons. The highest BCUT2D eigenvalue weighted by molar-refractivity contribution is 5.76. The van der Waals surface area contributed by atoms with E-state index in [2.05, 4.69) is 10.3 Å². The number of carboxylic acids is 1. The molecule has 7 heteroatoms. The first-order valence-corrected chi connectivity index (χ1v) is 6.81. The Bertz CT molecular complexity index is 521. The van der Waals surface area contributed by atoms with Gasteiger partial charge in [0, 0.05) is 25.5 Å². The second-order valence-electron chi connectivity index (χ2n) is 4.98. The number of aromatic nitrogens is 1.